The number of nitrogens with one attached hydrogen (secondary N) is 1. The van der Waals surface area contributed by atoms with E-state index in [9.17, 15) is 9.59 Å². The molecule has 0 saturated carbocycles. The average Bonchev–Trinajstić information content (AvgIpc) is 3.03. The molecule has 0 aliphatic rings. The topological polar surface area (TPSA) is 82.5 Å². The Hall–Kier alpha value is -2.87. The monoisotopic (exact) mass is 387 g/mol. The smallest absolute Gasteiger partial charge is 0.262 e. The minimum Gasteiger partial charge on any atom is -0.497 e. The number of ether oxygens (including phenoxy) is 2. The van der Waals surface area contributed by atoms with E-state index >= 15 is 0 Å². The van der Waals surface area contributed by atoms with Crippen molar-refractivity contribution in [2.45, 2.75) is 20.4 Å². The maximum atomic E-state index is 12.5. The molecule has 142 valence electrons. The summed E-state index contributed by atoms with van der Waals surface area (Å²) in [5, 5.41) is 3.34. The van der Waals surface area contributed by atoms with E-state index in [1.807, 2.05) is 19.1 Å². The summed E-state index contributed by atoms with van der Waals surface area (Å²) in [4.78, 5) is 30.3. The van der Waals surface area contributed by atoms with Crippen molar-refractivity contribution in [1.29, 1.82) is 0 Å². The zero-order valence-electron chi connectivity index (χ0n) is 15.4. The van der Waals surface area contributed by atoms with Gasteiger partial charge < -0.3 is 14.8 Å². The zero-order chi connectivity index (χ0) is 19.4. The largest absolute Gasteiger partial charge is 0.497 e. The molecule has 2 heterocycles. The van der Waals surface area contributed by atoms with Gasteiger partial charge in [-0.2, -0.15) is 0 Å². The Morgan fingerprint density at radius 2 is 1.96 bits per heavy atom. The number of amides is 1. The van der Waals surface area contributed by atoms with Crippen LogP contribution in [0.3, 0.4) is 0 Å². The summed E-state index contributed by atoms with van der Waals surface area (Å²) in [5.41, 5.74) is 0.557. The Kier molecular flexibility index (Phi) is 5.75. The number of carbonyl (C=O) groups is 1. The Morgan fingerprint density at radius 3 is 2.63 bits per heavy atom. The molecule has 0 bridgehead atoms. The number of thiophene rings is 1. The van der Waals surface area contributed by atoms with Crippen LogP contribution in [0.2, 0.25) is 0 Å². The highest BCUT2D eigenvalue weighted by molar-refractivity contribution is 7.20. The maximum absolute atomic E-state index is 12.5. The lowest BCUT2D eigenvalue weighted by Gasteiger charge is -2.08. The Morgan fingerprint density at radius 1 is 1.26 bits per heavy atom. The molecule has 0 unspecified atom stereocenters. The first-order valence-corrected chi connectivity index (χ1v) is 9.40. The van der Waals surface area contributed by atoms with Gasteiger partial charge in [-0.05, 0) is 43.7 Å². The molecule has 0 aliphatic carbocycles. The normalized spacial score (nSPS) is 10.8. The predicted molar refractivity (Wildman–Crippen MR) is 105 cm³/mol. The van der Waals surface area contributed by atoms with Crippen molar-refractivity contribution in [2.75, 3.05) is 20.3 Å². The third kappa shape index (κ3) is 3.95. The third-order valence-electron chi connectivity index (χ3n) is 4.18. The van der Waals surface area contributed by atoms with E-state index in [4.69, 9.17) is 9.47 Å². The van der Waals surface area contributed by atoms with Crippen LogP contribution in [0.25, 0.3) is 10.2 Å². The number of aryl methyl sites for hydroxylation is 2. The zero-order valence-corrected chi connectivity index (χ0v) is 16.3. The highest BCUT2D eigenvalue weighted by Crippen LogP contribution is 2.26. The number of carbonyl (C=O) groups excluding carboxylic acids is 1. The minimum absolute atomic E-state index is 0.113. The SMILES string of the molecule is CCn1cnc2sc(C(=O)NCCOc3ccc(OC)cc3)c(C)c2c1=O. The van der Waals surface area contributed by atoms with E-state index in [1.54, 1.807) is 26.2 Å². The Labute approximate surface area is 160 Å². The fraction of sp³-hybridized carbons (Fsp3) is 0.316. The second kappa shape index (κ2) is 8.22. The summed E-state index contributed by atoms with van der Waals surface area (Å²) in [7, 11) is 1.61. The fourth-order valence-electron chi connectivity index (χ4n) is 2.69. The molecule has 7 nitrogen and oxygen atoms in total. The van der Waals surface area contributed by atoms with E-state index in [1.165, 1.54) is 22.2 Å². The molecule has 0 radical (unpaired) electrons. The van der Waals surface area contributed by atoms with Gasteiger partial charge in [0.15, 0.2) is 0 Å². The molecule has 2 aromatic heterocycles. The molecular formula is C19H21N3O4S. The fourth-order valence-corrected chi connectivity index (χ4v) is 3.74. The number of benzene rings is 1. The summed E-state index contributed by atoms with van der Waals surface area (Å²) in [6, 6.07) is 7.23. The number of rotatable bonds is 7. The van der Waals surface area contributed by atoms with E-state index in [0.717, 1.165) is 5.75 Å². The lowest BCUT2D eigenvalue weighted by atomic mass is 10.2. The average molecular weight is 387 g/mol. The molecule has 3 aromatic rings. The molecule has 0 fully saturated rings. The van der Waals surface area contributed by atoms with E-state index in [-0.39, 0.29) is 11.5 Å². The lowest BCUT2D eigenvalue weighted by Crippen LogP contribution is -2.28. The van der Waals surface area contributed by atoms with E-state index in [2.05, 4.69) is 10.3 Å². The molecule has 3 rings (SSSR count). The summed E-state index contributed by atoms with van der Waals surface area (Å²) in [6.45, 7) is 4.90. The highest BCUT2D eigenvalue weighted by atomic mass is 32.1. The number of hydrogen-bond acceptors (Lipinski definition) is 6. The minimum atomic E-state index is -0.226. The van der Waals surface area contributed by atoms with Gasteiger partial charge in [-0.1, -0.05) is 0 Å². The first-order valence-electron chi connectivity index (χ1n) is 8.58. The second-order valence-corrected chi connectivity index (χ2v) is 6.85. The van der Waals surface area contributed by atoms with Crippen LogP contribution >= 0.6 is 11.3 Å². The number of hydrogen-bond donors (Lipinski definition) is 1. The van der Waals surface area contributed by atoms with Crippen molar-refractivity contribution in [3.63, 3.8) is 0 Å². The summed E-state index contributed by atoms with van der Waals surface area (Å²) >= 11 is 1.23. The number of fused-ring (bicyclic) bond motifs is 1. The molecule has 1 aromatic carbocycles. The highest BCUT2D eigenvalue weighted by Gasteiger charge is 2.19. The van der Waals surface area contributed by atoms with Crippen LogP contribution in [-0.2, 0) is 6.54 Å². The predicted octanol–water partition coefficient (Wildman–Crippen LogP) is 2.60. The van der Waals surface area contributed by atoms with Crippen molar-refractivity contribution < 1.29 is 14.3 Å². The second-order valence-electron chi connectivity index (χ2n) is 5.85. The molecule has 0 saturated heterocycles. The number of nitrogens with zero attached hydrogens (tertiary/aromatic N) is 2. The third-order valence-corrected chi connectivity index (χ3v) is 5.38. The van der Waals surface area contributed by atoms with Crippen molar-refractivity contribution >= 4 is 27.5 Å². The van der Waals surface area contributed by atoms with Gasteiger partial charge in [0.1, 0.15) is 22.9 Å². The van der Waals surface area contributed by atoms with E-state index in [0.29, 0.717) is 46.1 Å². The van der Waals surface area contributed by atoms with Gasteiger partial charge in [0.05, 0.1) is 30.2 Å². The van der Waals surface area contributed by atoms with Crippen LogP contribution in [0.15, 0.2) is 35.4 Å². The van der Waals surface area contributed by atoms with Crippen LogP contribution in [-0.4, -0.2) is 35.7 Å². The molecule has 0 atom stereocenters. The van der Waals surface area contributed by atoms with Crippen LogP contribution in [0.5, 0.6) is 11.5 Å². The lowest BCUT2D eigenvalue weighted by molar-refractivity contribution is 0.0950. The molecule has 1 amide bonds. The first-order chi connectivity index (χ1) is 13.0. The first kappa shape index (κ1) is 18.9. The van der Waals surface area contributed by atoms with Gasteiger partial charge in [0, 0.05) is 6.54 Å². The van der Waals surface area contributed by atoms with Crippen LogP contribution in [0.1, 0.15) is 22.2 Å². The summed E-state index contributed by atoms with van der Waals surface area (Å²) < 4.78 is 12.2. The number of aromatic nitrogens is 2. The van der Waals surface area contributed by atoms with Crippen molar-refractivity contribution in [1.82, 2.24) is 14.9 Å². The van der Waals surface area contributed by atoms with Crippen molar-refractivity contribution in [3.8, 4) is 11.5 Å². The summed E-state index contributed by atoms with van der Waals surface area (Å²) in [6.07, 6.45) is 1.52. The molecule has 0 aliphatic heterocycles. The Balaban J connectivity index is 1.63. The van der Waals surface area contributed by atoms with Gasteiger partial charge in [-0.25, -0.2) is 4.98 Å². The van der Waals surface area contributed by atoms with Crippen molar-refractivity contribution in [2.24, 2.45) is 0 Å². The quantitative estimate of drug-likeness (QED) is 0.630. The molecule has 8 heteroatoms. The molecule has 27 heavy (non-hydrogen) atoms. The van der Waals surface area contributed by atoms with Crippen LogP contribution in [0.4, 0.5) is 0 Å². The van der Waals surface area contributed by atoms with Crippen LogP contribution in [0, 0.1) is 6.92 Å². The molecular weight excluding hydrogens is 366 g/mol. The molecule has 1 N–H and O–H groups in total. The van der Waals surface area contributed by atoms with Gasteiger partial charge in [-0.3, -0.25) is 14.2 Å². The van der Waals surface area contributed by atoms with E-state index < -0.39 is 0 Å². The standard InChI is InChI=1S/C19H21N3O4S/c1-4-22-11-21-18-15(19(22)24)12(2)16(27-18)17(23)20-9-10-26-14-7-5-13(25-3)6-8-14/h5-8,11H,4,9-10H2,1-3H3,(H,20,23). The maximum Gasteiger partial charge on any atom is 0.262 e. The Bertz CT molecular complexity index is 1010. The van der Waals surface area contributed by atoms with Gasteiger partial charge in [-0.15, -0.1) is 11.3 Å². The van der Waals surface area contributed by atoms with Crippen molar-refractivity contribution in [3.05, 3.63) is 51.4 Å². The van der Waals surface area contributed by atoms with Gasteiger partial charge in [0.25, 0.3) is 11.5 Å². The van der Waals surface area contributed by atoms with Gasteiger partial charge >= 0.3 is 0 Å². The summed E-state index contributed by atoms with van der Waals surface area (Å²) in [5.74, 6) is 1.23. The van der Waals surface area contributed by atoms with Crippen LogP contribution < -0.4 is 20.3 Å². The molecule has 0 spiro atoms. The van der Waals surface area contributed by atoms with Gasteiger partial charge in [0.2, 0.25) is 0 Å². The number of methoxy groups -OCH3 is 1.